The Morgan fingerprint density at radius 2 is 1.62 bits per heavy atom. The molecule has 0 heterocycles. The van der Waals surface area contributed by atoms with E-state index in [4.69, 9.17) is 5.73 Å². The second kappa shape index (κ2) is 4.43. The molecule has 0 aliphatic rings. The van der Waals surface area contributed by atoms with Crippen LogP contribution in [0.4, 0.5) is 0 Å². The molecule has 0 unspecified atom stereocenters. The summed E-state index contributed by atoms with van der Waals surface area (Å²) in [5, 5.41) is 3.51. The SMILES string of the molecule is CC(C)C(C)(C)CNC(C)(C)CN. The zero-order valence-electron chi connectivity index (χ0n) is 10.1. The zero-order chi connectivity index (χ0) is 10.7. The van der Waals surface area contributed by atoms with Gasteiger partial charge in [-0.15, -0.1) is 0 Å². The Balaban J connectivity index is 4.02. The summed E-state index contributed by atoms with van der Waals surface area (Å²) < 4.78 is 0. The maximum atomic E-state index is 5.65. The number of nitrogens with one attached hydrogen (secondary N) is 1. The first-order chi connectivity index (χ1) is 5.71. The van der Waals surface area contributed by atoms with Crippen LogP contribution >= 0.6 is 0 Å². The summed E-state index contributed by atoms with van der Waals surface area (Å²) in [6, 6.07) is 0. The fourth-order valence-corrected chi connectivity index (χ4v) is 0.743. The van der Waals surface area contributed by atoms with Crippen molar-refractivity contribution in [2.75, 3.05) is 13.1 Å². The van der Waals surface area contributed by atoms with Crippen LogP contribution in [0.25, 0.3) is 0 Å². The molecule has 2 heteroatoms. The molecule has 0 aromatic heterocycles. The molecule has 0 bridgehead atoms. The summed E-state index contributed by atoms with van der Waals surface area (Å²) in [6.07, 6.45) is 0. The Morgan fingerprint density at radius 1 is 1.15 bits per heavy atom. The fourth-order valence-electron chi connectivity index (χ4n) is 0.743. The predicted octanol–water partition coefficient (Wildman–Crippen LogP) is 2.00. The molecular formula is C11H26N2. The Morgan fingerprint density at radius 3 is 1.92 bits per heavy atom. The van der Waals surface area contributed by atoms with Crippen molar-refractivity contribution >= 4 is 0 Å². The Kier molecular flexibility index (Phi) is 4.40. The van der Waals surface area contributed by atoms with Crippen molar-refractivity contribution in [3.05, 3.63) is 0 Å². The minimum absolute atomic E-state index is 0.0617. The van der Waals surface area contributed by atoms with Gasteiger partial charge < -0.3 is 11.1 Å². The van der Waals surface area contributed by atoms with E-state index in [9.17, 15) is 0 Å². The second-order valence-electron chi connectivity index (χ2n) is 5.58. The Bertz CT molecular complexity index is 148. The standard InChI is InChI=1S/C11H26N2/c1-9(2)10(3,4)8-13-11(5,6)7-12/h9,13H,7-8,12H2,1-6H3. The molecule has 0 spiro atoms. The summed E-state index contributed by atoms with van der Waals surface area (Å²) >= 11 is 0. The van der Waals surface area contributed by atoms with E-state index in [-0.39, 0.29) is 5.54 Å². The minimum atomic E-state index is 0.0617. The molecule has 3 N–H and O–H groups in total. The van der Waals surface area contributed by atoms with Gasteiger partial charge in [-0.05, 0) is 25.2 Å². The van der Waals surface area contributed by atoms with Gasteiger partial charge in [-0.25, -0.2) is 0 Å². The molecule has 0 radical (unpaired) electrons. The van der Waals surface area contributed by atoms with E-state index >= 15 is 0 Å². The highest BCUT2D eigenvalue weighted by molar-refractivity contribution is 4.83. The van der Waals surface area contributed by atoms with E-state index in [1.165, 1.54) is 0 Å². The highest BCUT2D eigenvalue weighted by atomic mass is 15.0. The number of nitrogens with two attached hydrogens (primary N) is 1. The van der Waals surface area contributed by atoms with E-state index in [0.29, 0.717) is 17.9 Å². The van der Waals surface area contributed by atoms with Crippen LogP contribution < -0.4 is 11.1 Å². The van der Waals surface area contributed by atoms with Crippen molar-refractivity contribution in [1.29, 1.82) is 0 Å². The average molecular weight is 186 g/mol. The van der Waals surface area contributed by atoms with Crippen LogP contribution in [0.3, 0.4) is 0 Å². The zero-order valence-corrected chi connectivity index (χ0v) is 10.1. The summed E-state index contributed by atoms with van der Waals surface area (Å²) in [5.74, 6) is 0.688. The van der Waals surface area contributed by atoms with Gasteiger partial charge in [0.15, 0.2) is 0 Å². The van der Waals surface area contributed by atoms with Gasteiger partial charge in [-0.2, -0.15) is 0 Å². The maximum absolute atomic E-state index is 5.65. The molecule has 0 saturated carbocycles. The smallest absolute Gasteiger partial charge is 0.0247 e. The van der Waals surface area contributed by atoms with E-state index in [1.54, 1.807) is 0 Å². The van der Waals surface area contributed by atoms with Crippen molar-refractivity contribution in [3.63, 3.8) is 0 Å². The maximum Gasteiger partial charge on any atom is 0.0247 e. The van der Waals surface area contributed by atoms with Crippen LogP contribution in [-0.2, 0) is 0 Å². The van der Waals surface area contributed by atoms with Crippen LogP contribution in [0.1, 0.15) is 41.5 Å². The highest BCUT2D eigenvalue weighted by Gasteiger charge is 2.25. The molecule has 2 nitrogen and oxygen atoms in total. The van der Waals surface area contributed by atoms with Crippen LogP contribution in [0.2, 0.25) is 0 Å². The van der Waals surface area contributed by atoms with Gasteiger partial charge in [0.2, 0.25) is 0 Å². The van der Waals surface area contributed by atoms with E-state index in [2.05, 4.69) is 46.9 Å². The minimum Gasteiger partial charge on any atom is -0.329 e. The molecule has 0 rings (SSSR count). The van der Waals surface area contributed by atoms with Crippen LogP contribution in [0, 0.1) is 11.3 Å². The third kappa shape index (κ3) is 4.63. The first-order valence-corrected chi connectivity index (χ1v) is 5.16. The van der Waals surface area contributed by atoms with Crippen LogP contribution in [0.5, 0.6) is 0 Å². The third-order valence-corrected chi connectivity index (χ3v) is 3.10. The molecule has 0 aromatic rings. The first kappa shape index (κ1) is 12.9. The van der Waals surface area contributed by atoms with Crippen LogP contribution in [0.15, 0.2) is 0 Å². The number of rotatable bonds is 5. The molecule has 13 heavy (non-hydrogen) atoms. The first-order valence-electron chi connectivity index (χ1n) is 5.16. The number of hydrogen-bond acceptors (Lipinski definition) is 2. The van der Waals surface area contributed by atoms with Gasteiger partial charge in [0, 0.05) is 18.6 Å². The predicted molar refractivity (Wildman–Crippen MR) is 59.8 cm³/mol. The second-order valence-corrected chi connectivity index (χ2v) is 5.58. The lowest BCUT2D eigenvalue weighted by Crippen LogP contribution is -2.50. The van der Waals surface area contributed by atoms with E-state index in [0.717, 1.165) is 6.54 Å². The van der Waals surface area contributed by atoms with Crippen molar-refractivity contribution in [2.24, 2.45) is 17.1 Å². The highest BCUT2D eigenvalue weighted by Crippen LogP contribution is 2.25. The normalized spacial score (nSPS) is 13.8. The van der Waals surface area contributed by atoms with Crippen molar-refractivity contribution in [1.82, 2.24) is 5.32 Å². The van der Waals surface area contributed by atoms with Gasteiger partial charge in [0.1, 0.15) is 0 Å². The topological polar surface area (TPSA) is 38.0 Å². The quantitative estimate of drug-likeness (QED) is 0.689. The van der Waals surface area contributed by atoms with Gasteiger partial charge in [0.25, 0.3) is 0 Å². The fraction of sp³-hybridized carbons (Fsp3) is 1.00. The molecule has 0 aliphatic heterocycles. The summed E-state index contributed by atoms with van der Waals surface area (Å²) in [6.45, 7) is 15.1. The van der Waals surface area contributed by atoms with Crippen molar-refractivity contribution in [3.8, 4) is 0 Å². The number of hydrogen-bond donors (Lipinski definition) is 2. The molecule has 0 fully saturated rings. The Labute approximate surface area is 83.3 Å². The van der Waals surface area contributed by atoms with E-state index in [1.807, 2.05) is 0 Å². The van der Waals surface area contributed by atoms with Crippen LogP contribution in [-0.4, -0.2) is 18.6 Å². The molecule has 80 valence electrons. The monoisotopic (exact) mass is 186 g/mol. The lowest BCUT2D eigenvalue weighted by molar-refractivity contribution is 0.211. The largest absolute Gasteiger partial charge is 0.329 e. The lowest BCUT2D eigenvalue weighted by atomic mass is 9.80. The summed E-state index contributed by atoms with van der Waals surface area (Å²) in [5.41, 5.74) is 6.05. The molecule has 0 atom stereocenters. The molecule has 0 amide bonds. The third-order valence-electron chi connectivity index (χ3n) is 3.10. The van der Waals surface area contributed by atoms with Crippen molar-refractivity contribution < 1.29 is 0 Å². The van der Waals surface area contributed by atoms with E-state index < -0.39 is 0 Å². The van der Waals surface area contributed by atoms with Gasteiger partial charge in [0.05, 0.1) is 0 Å². The molecule has 0 saturated heterocycles. The summed E-state index contributed by atoms with van der Waals surface area (Å²) in [4.78, 5) is 0. The van der Waals surface area contributed by atoms with Gasteiger partial charge >= 0.3 is 0 Å². The van der Waals surface area contributed by atoms with Gasteiger partial charge in [-0.3, -0.25) is 0 Å². The Hall–Kier alpha value is -0.0800. The average Bonchev–Trinajstić information content (AvgIpc) is 2.01. The molecule has 0 aromatic carbocycles. The van der Waals surface area contributed by atoms with Gasteiger partial charge in [-0.1, -0.05) is 27.7 Å². The van der Waals surface area contributed by atoms with Crippen molar-refractivity contribution in [2.45, 2.75) is 47.1 Å². The summed E-state index contributed by atoms with van der Waals surface area (Å²) in [7, 11) is 0. The lowest BCUT2D eigenvalue weighted by Gasteiger charge is -2.34. The molecular weight excluding hydrogens is 160 g/mol. The molecule has 0 aliphatic carbocycles.